The second-order valence-corrected chi connectivity index (χ2v) is 7.00. The molecule has 0 saturated heterocycles. The highest BCUT2D eigenvalue weighted by molar-refractivity contribution is 5.74. The lowest BCUT2D eigenvalue weighted by Crippen LogP contribution is -2.46. The number of nitrogens with two attached hydrogens (primary N) is 1. The van der Waals surface area contributed by atoms with E-state index in [0.717, 1.165) is 6.07 Å². The van der Waals surface area contributed by atoms with Crippen molar-refractivity contribution in [3.63, 3.8) is 0 Å². The molecule has 3 rings (SSSR count). The number of amidine groups is 1. The third-order valence-electron chi connectivity index (χ3n) is 4.87. The van der Waals surface area contributed by atoms with Crippen molar-refractivity contribution >= 4 is 6.02 Å². The van der Waals surface area contributed by atoms with Crippen molar-refractivity contribution < 1.29 is 26.7 Å². The smallest absolute Gasteiger partial charge is 0.425 e. The second-order valence-electron chi connectivity index (χ2n) is 7.00. The van der Waals surface area contributed by atoms with Crippen molar-refractivity contribution in [3.8, 4) is 17.2 Å². The monoisotopic (exact) mass is 409 g/mol. The van der Waals surface area contributed by atoms with E-state index in [2.05, 4.69) is 9.73 Å². The maximum absolute atomic E-state index is 14.8. The third-order valence-corrected chi connectivity index (χ3v) is 4.87. The molecule has 0 unspecified atom stereocenters. The fourth-order valence-corrected chi connectivity index (χ4v) is 3.42. The van der Waals surface area contributed by atoms with Crippen molar-refractivity contribution in [2.75, 3.05) is 0 Å². The summed E-state index contributed by atoms with van der Waals surface area (Å²) in [5, 5.41) is 9.04. The van der Waals surface area contributed by atoms with Crippen molar-refractivity contribution in [1.29, 1.82) is 5.26 Å². The minimum atomic E-state index is -4.72. The first-order valence-electron chi connectivity index (χ1n) is 8.54. The van der Waals surface area contributed by atoms with E-state index in [1.807, 2.05) is 0 Å². The number of alkyl halides is 3. The molecule has 0 radical (unpaired) electrons. The Morgan fingerprint density at radius 1 is 1.24 bits per heavy atom. The van der Waals surface area contributed by atoms with Gasteiger partial charge in [-0.15, -0.1) is 0 Å². The van der Waals surface area contributed by atoms with E-state index in [0.29, 0.717) is 5.56 Å². The van der Waals surface area contributed by atoms with E-state index < -0.39 is 41.9 Å². The Morgan fingerprint density at radius 3 is 2.55 bits per heavy atom. The van der Waals surface area contributed by atoms with Crippen LogP contribution in [0, 0.1) is 29.9 Å². The van der Waals surface area contributed by atoms with Gasteiger partial charge in [0.25, 0.3) is 6.02 Å². The van der Waals surface area contributed by atoms with Crippen molar-refractivity contribution in [3.05, 3.63) is 58.7 Å². The van der Waals surface area contributed by atoms with Crippen LogP contribution in [-0.2, 0) is 10.3 Å². The van der Waals surface area contributed by atoms with Gasteiger partial charge in [-0.3, -0.25) is 0 Å². The lowest BCUT2D eigenvalue weighted by molar-refractivity contribution is -0.208. The van der Waals surface area contributed by atoms with Crippen molar-refractivity contribution in [2.24, 2.45) is 10.7 Å². The van der Waals surface area contributed by atoms with E-state index in [1.54, 1.807) is 6.07 Å². The Kier molecular flexibility index (Phi) is 4.99. The zero-order valence-electron chi connectivity index (χ0n) is 15.4. The molecular formula is C20H16F5N3O. The predicted molar refractivity (Wildman–Crippen MR) is 95.8 cm³/mol. The van der Waals surface area contributed by atoms with Crippen molar-refractivity contribution in [1.82, 2.24) is 0 Å². The quantitative estimate of drug-likeness (QED) is 0.732. The second kappa shape index (κ2) is 7.03. The van der Waals surface area contributed by atoms with Gasteiger partial charge in [0.15, 0.2) is 6.10 Å². The van der Waals surface area contributed by atoms with Gasteiger partial charge in [-0.05, 0) is 43.2 Å². The molecule has 2 aromatic rings. The lowest BCUT2D eigenvalue weighted by Gasteiger charge is -2.36. The normalized spacial score (nSPS) is 21.9. The number of hydrogen-bond acceptors (Lipinski definition) is 4. The number of aryl methyl sites for hydroxylation is 1. The summed E-state index contributed by atoms with van der Waals surface area (Å²) in [7, 11) is 0. The topological polar surface area (TPSA) is 71.4 Å². The van der Waals surface area contributed by atoms with Crippen LogP contribution in [0.15, 0.2) is 35.3 Å². The summed E-state index contributed by atoms with van der Waals surface area (Å²) in [5.41, 5.74) is 3.98. The molecule has 29 heavy (non-hydrogen) atoms. The highest BCUT2D eigenvalue weighted by Crippen LogP contribution is 2.42. The van der Waals surface area contributed by atoms with Gasteiger partial charge in [-0.1, -0.05) is 12.1 Å². The minimum Gasteiger partial charge on any atom is -0.452 e. The zero-order chi connectivity index (χ0) is 21.6. The molecule has 0 amide bonds. The van der Waals surface area contributed by atoms with Crippen LogP contribution in [0.5, 0.6) is 0 Å². The number of benzene rings is 2. The highest BCUT2D eigenvalue weighted by atomic mass is 19.4. The summed E-state index contributed by atoms with van der Waals surface area (Å²) in [6, 6.07) is 7.52. The largest absolute Gasteiger partial charge is 0.452 e. The molecule has 2 atom stereocenters. The fourth-order valence-electron chi connectivity index (χ4n) is 3.42. The molecule has 0 aliphatic carbocycles. The summed E-state index contributed by atoms with van der Waals surface area (Å²) < 4.78 is 73.7. The van der Waals surface area contributed by atoms with Crippen LogP contribution < -0.4 is 5.73 Å². The Morgan fingerprint density at radius 2 is 1.93 bits per heavy atom. The lowest BCUT2D eigenvalue weighted by atomic mass is 9.83. The van der Waals surface area contributed by atoms with E-state index in [9.17, 15) is 22.0 Å². The molecule has 0 spiro atoms. The summed E-state index contributed by atoms with van der Waals surface area (Å²) in [4.78, 5) is 3.92. The van der Waals surface area contributed by atoms with Crippen LogP contribution in [0.4, 0.5) is 22.0 Å². The van der Waals surface area contributed by atoms with E-state index in [-0.39, 0.29) is 22.3 Å². The molecular weight excluding hydrogens is 393 g/mol. The zero-order valence-corrected chi connectivity index (χ0v) is 15.4. The molecule has 0 saturated carbocycles. The molecule has 0 aromatic heterocycles. The number of nitrogens with zero attached hydrogens (tertiary/aromatic N) is 2. The molecule has 152 valence electrons. The number of hydrogen-bond donors (Lipinski definition) is 1. The van der Waals surface area contributed by atoms with E-state index in [4.69, 9.17) is 11.0 Å². The van der Waals surface area contributed by atoms with E-state index >= 15 is 0 Å². The fraction of sp³-hybridized carbons (Fsp3) is 0.300. The first kappa shape index (κ1) is 20.6. The maximum Gasteiger partial charge on any atom is 0.425 e. The van der Waals surface area contributed by atoms with Crippen LogP contribution in [0.2, 0.25) is 0 Å². The first-order chi connectivity index (χ1) is 13.5. The van der Waals surface area contributed by atoms with Crippen LogP contribution >= 0.6 is 0 Å². The number of aliphatic imine (C=N–C) groups is 1. The molecule has 1 aliphatic rings. The van der Waals surface area contributed by atoms with Gasteiger partial charge >= 0.3 is 6.18 Å². The van der Waals surface area contributed by atoms with Gasteiger partial charge in [0.2, 0.25) is 0 Å². The first-order valence-corrected chi connectivity index (χ1v) is 8.54. The van der Waals surface area contributed by atoms with E-state index in [1.165, 1.54) is 38.1 Å². The summed E-state index contributed by atoms with van der Waals surface area (Å²) in [5.74, 6) is -1.60. The molecule has 4 nitrogen and oxygen atoms in total. The highest BCUT2D eigenvalue weighted by Gasteiger charge is 2.50. The van der Waals surface area contributed by atoms with Crippen LogP contribution in [-0.4, -0.2) is 18.3 Å². The molecule has 1 aliphatic heterocycles. The van der Waals surface area contributed by atoms with Crippen molar-refractivity contribution in [2.45, 2.75) is 38.1 Å². The maximum atomic E-state index is 14.8. The number of rotatable bonds is 2. The molecule has 2 N–H and O–H groups in total. The molecule has 0 bridgehead atoms. The summed E-state index contributed by atoms with van der Waals surface area (Å²) >= 11 is 0. The Balaban J connectivity index is 2.19. The summed E-state index contributed by atoms with van der Waals surface area (Å²) in [6.45, 7) is 2.84. The molecule has 0 fully saturated rings. The van der Waals surface area contributed by atoms with Gasteiger partial charge in [0.1, 0.15) is 17.7 Å². The average Bonchev–Trinajstić information content (AvgIpc) is 2.61. The number of nitriles is 1. The predicted octanol–water partition coefficient (Wildman–Crippen LogP) is 4.69. The Labute approximate surface area is 163 Å². The third kappa shape index (κ3) is 3.75. The average molecular weight is 409 g/mol. The SMILES string of the molecule is Cc1cc(F)c([C@]2(C)C[C@@H](C(F)(F)F)OC(N)=N2)cc1-c1cccc(C#N)c1F. The van der Waals surface area contributed by atoms with Gasteiger partial charge in [0, 0.05) is 17.5 Å². The summed E-state index contributed by atoms with van der Waals surface area (Å²) in [6.07, 6.45) is -7.68. The standard InChI is InChI=1S/C20H16F5N3O/c1-10-6-15(21)14(7-13(10)12-5-3-4-11(9-26)17(12)22)19(2)8-16(20(23,24)25)29-18(27)28-19/h3-7,16H,8H2,1-2H3,(H2,27,28)/t16-,19-/m0/s1. The van der Waals surface area contributed by atoms with Crippen LogP contribution in [0.3, 0.4) is 0 Å². The Bertz CT molecular complexity index is 1040. The van der Waals surface area contributed by atoms with Crippen LogP contribution in [0.1, 0.15) is 30.0 Å². The molecule has 2 aromatic carbocycles. The van der Waals surface area contributed by atoms with Gasteiger partial charge < -0.3 is 10.5 Å². The van der Waals surface area contributed by atoms with Gasteiger partial charge in [-0.2, -0.15) is 18.4 Å². The molecule has 1 heterocycles. The van der Waals surface area contributed by atoms with Gasteiger partial charge in [0.05, 0.1) is 11.1 Å². The Hall–Kier alpha value is -3.15. The molecule has 9 heteroatoms. The minimum absolute atomic E-state index is 0.0304. The number of halogens is 5. The van der Waals surface area contributed by atoms with Gasteiger partial charge in [-0.25, -0.2) is 13.8 Å². The number of ether oxygens (including phenoxy) is 1. The van der Waals surface area contributed by atoms with Crippen LogP contribution in [0.25, 0.3) is 11.1 Å².